The molecule has 2 aromatic rings. The molecule has 0 saturated carbocycles. The van der Waals surface area contributed by atoms with E-state index in [1.807, 2.05) is 60.7 Å². The highest BCUT2D eigenvalue weighted by Gasteiger charge is 2.19. The zero-order valence-corrected chi connectivity index (χ0v) is 14.7. The molecule has 1 unspecified atom stereocenters. The molecule has 0 heterocycles. The maximum absolute atomic E-state index is 12.5. The predicted molar refractivity (Wildman–Crippen MR) is 100 cm³/mol. The molecule has 2 amide bonds. The Labute approximate surface area is 153 Å². The van der Waals surface area contributed by atoms with E-state index in [0.717, 1.165) is 11.1 Å². The molecule has 138 valence electrons. The van der Waals surface area contributed by atoms with E-state index in [9.17, 15) is 9.59 Å². The molecule has 4 N–H and O–H groups in total. The van der Waals surface area contributed by atoms with Crippen LogP contribution in [0, 0.1) is 0 Å². The highest BCUT2D eigenvalue weighted by molar-refractivity contribution is 5.74. The van der Waals surface area contributed by atoms with Crippen molar-refractivity contribution in [2.45, 2.75) is 25.5 Å². The summed E-state index contributed by atoms with van der Waals surface area (Å²) in [6.07, 6.45) is 0.239. The lowest BCUT2D eigenvalue weighted by molar-refractivity contribution is -0.118. The Kier molecular flexibility index (Phi) is 7.64. The molecule has 0 radical (unpaired) electrons. The fourth-order valence-corrected chi connectivity index (χ4v) is 2.58. The number of primary amides is 1. The van der Waals surface area contributed by atoms with Gasteiger partial charge in [-0.1, -0.05) is 60.7 Å². The van der Waals surface area contributed by atoms with Crippen molar-refractivity contribution in [1.82, 2.24) is 4.90 Å². The molecular weight excluding hydrogens is 330 g/mol. The number of carbonyl (C=O) groups excluding carboxylic acids is 2. The Morgan fingerprint density at radius 2 is 1.54 bits per heavy atom. The lowest BCUT2D eigenvalue weighted by Gasteiger charge is -2.25. The smallest absolute Gasteiger partial charge is 0.410 e. The van der Waals surface area contributed by atoms with Crippen molar-refractivity contribution in [2.75, 3.05) is 13.1 Å². The number of nitrogens with zero attached hydrogens (tertiary/aromatic N) is 1. The third kappa shape index (κ3) is 6.94. The van der Waals surface area contributed by atoms with Crippen LogP contribution in [0.15, 0.2) is 60.7 Å². The van der Waals surface area contributed by atoms with Gasteiger partial charge in [0.05, 0.1) is 0 Å². The summed E-state index contributed by atoms with van der Waals surface area (Å²) < 4.78 is 5.40. The SMILES string of the molecule is NC(=O)CC(N)CN(CCc1ccccc1)C(=O)OCc1ccccc1. The van der Waals surface area contributed by atoms with Crippen LogP contribution in [0.2, 0.25) is 0 Å². The van der Waals surface area contributed by atoms with Crippen LogP contribution in [0.1, 0.15) is 17.5 Å². The van der Waals surface area contributed by atoms with Crippen LogP contribution in [0.3, 0.4) is 0 Å². The first-order chi connectivity index (χ1) is 12.5. The van der Waals surface area contributed by atoms with Crippen molar-refractivity contribution in [3.05, 3.63) is 71.8 Å². The molecule has 0 aliphatic rings. The number of nitrogens with two attached hydrogens (primary N) is 2. The Hall–Kier alpha value is -2.86. The minimum absolute atomic E-state index is 0.0216. The molecule has 2 rings (SSSR count). The van der Waals surface area contributed by atoms with Crippen LogP contribution < -0.4 is 11.5 Å². The van der Waals surface area contributed by atoms with Crippen molar-refractivity contribution >= 4 is 12.0 Å². The van der Waals surface area contributed by atoms with Crippen LogP contribution in [0.5, 0.6) is 0 Å². The maximum Gasteiger partial charge on any atom is 0.410 e. The molecule has 0 aliphatic carbocycles. The number of carbonyl (C=O) groups is 2. The molecule has 26 heavy (non-hydrogen) atoms. The molecule has 0 saturated heterocycles. The van der Waals surface area contributed by atoms with Gasteiger partial charge in [-0.2, -0.15) is 0 Å². The Morgan fingerprint density at radius 3 is 2.12 bits per heavy atom. The third-order valence-corrected chi connectivity index (χ3v) is 3.89. The minimum atomic E-state index is -0.521. The molecule has 6 heteroatoms. The lowest BCUT2D eigenvalue weighted by Crippen LogP contribution is -2.44. The van der Waals surface area contributed by atoms with E-state index in [-0.39, 0.29) is 19.6 Å². The largest absolute Gasteiger partial charge is 0.445 e. The fourth-order valence-electron chi connectivity index (χ4n) is 2.58. The number of hydrogen-bond donors (Lipinski definition) is 2. The van der Waals surface area contributed by atoms with E-state index in [4.69, 9.17) is 16.2 Å². The van der Waals surface area contributed by atoms with Crippen LogP contribution in [-0.4, -0.2) is 36.0 Å². The molecular formula is C20H25N3O3. The molecule has 0 aromatic heterocycles. The normalized spacial score (nSPS) is 11.6. The summed E-state index contributed by atoms with van der Waals surface area (Å²) in [6, 6.07) is 18.8. The van der Waals surface area contributed by atoms with Crippen molar-refractivity contribution in [3.8, 4) is 0 Å². The standard InChI is InChI=1S/C20H25N3O3/c21-18(13-19(22)24)14-23(12-11-16-7-3-1-4-8-16)20(25)26-15-17-9-5-2-6-10-17/h1-10,18H,11-15,21H2,(H2,22,24). The fraction of sp³-hybridized carbons (Fsp3) is 0.300. The summed E-state index contributed by atoms with van der Waals surface area (Å²) in [5.74, 6) is -0.488. The first-order valence-electron chi connectivity index (χ1n) is 8.58. The number of amides is 2. The van der Waals surface area contributed by atoms with E-state index in [1.54, 1.807) is 0 Å². The van der Waals surface area contributed by atoms with Crippen LogP contribution in [0.4, 0.5) is 4.79 Å². The van der Waals surface area contributed by atoms with E-state index < -0.39 is 18.0 Å². The first-order valence-corrected chi connectivity index (χ1v) is 8.58. The number of ether oxygens (including phenoxy) is 1. The van der Waals surface area contributed by atoms with Gasteiger partial charge in [-0.3, -0.25) is 4.79 Å². The Bertz CT molecular complexity index is 692. The quantitative estimate of drug-likeness (QED) is 0.719. The highest BCUT2D eigenvalue weighted by atomic mass is 16.6. The van der Waals surface area contributed by atoms with Crippen molar-refractivity contribution in [1.29, 1.82) is 0 Å². The molecule has 2 aromatic carbocycles. The van der Waals surface area contributed by atoms with E-state index >= 15 is 0 Å². The van der Waals surface area contributed by atoms with Gasteiger partial charge in [-0.25, -0.2) is 4.79 Å². The first kappa shape index (κ1) is 19.5. The molecule has 0 fully saturated rings. The van der Waals surface area contributed by atoms with Crippen LogP contribution in [-0.2, 0) is 22.6 Å². The summed E-state index contributed by atoms with van der Waals surface area (Å²) in [6.45, 7) is 0.847. The number of benzene rings is 2. The van der Waals surface area contributed by atoms with Gasteiger partial charge in [0, 0.05) is 25.6 Å². The van der Waals surface area contributed by atoms with Gasteiger partial charge in [-0.15, -0.1) is 0 Å². The van der Waals surface area contributed by atoms with Gasteiger partial charge >= 0.3 is 6.09 Å². The maximum atomic E-state index is 12.5. The van der Waals surface area contributed by atoms with Crippen molar-refractivity contribution < 1.29 is 14.3 Å². The Morgan fingerprint density at radius 1 is 0.962 bits per heavy atom. The van der Waals surface area contributed by atoms with Crippen LogP contribution in [0.25, 0.3) is 0 Å². The second-order valence-electron chi connectivity index (χ2n) is 6.15. The molecule has 0 aliphatic heterocycles. The zero-order chi connectivity index (χ0) is 18.8. The Balaban J connectivity index is 1.95. The minimum Gasteiger partial charge on any atom is -0.445 e. The second kappa shape index (κ2) is 10.2. The second-order valence-corrected chi connectivity index (χ2v) is 6.15. The van der Waals surface area contributed by atoms with Gasteiger partial charge in [0.2, 0.25) is 5.91 Å². The van der Waals surface area contributed by atoms with E-state index in [2.05, 4.69) is 0 Å². The van der Waals surface area contributed by atoms with E-state index in [0.29, 0.717) is 13.0 Å². The summed E-state index contributed by atoms with van der Waals surface area (Å²) in [5, 5.41) is 0. The topological polar surface area (TPSA) is 98.6 Å². The monoisotopic (exact) mass is 355 g/mol. The average Bonchev–Trinajstić information content (AvgIpc) is 2.64. The number of hydrogen-bond acceptors (Lipinski definition) is 4. The predicted octanol–water partition coefficient (Wildman–Crippen LogP) is 2.07. The van der Waals surface area contributed by atoms with Crippen molar-refractivity contribution in [3.63, 3.8) is 0 Å². The molecule has 1 atom stereocenters. The summed E-state index contributed by atoms with van der Waals surface area (Å²) in [5.41, 5.74) is 13.1. The lowest BCUT2D eigenvalue weighted by atomic mass is 10.1. The van der Waals surface area contributed by atoms with Gasteiger partial charge in [0.25, 0.3) is 0 Å². The van der Waals surface area contributed by atoms with Gasteiger partial charge in [-0.05, 0) is 17.5 Å². The zero-order valence-electron chi connectivity index (χ0n) is 14.7. The van der Waals surface area contributed by atoms with Gasteiger partial charge < -0.3 is 21.1 Å². The molecule has 0 bridgehead atoms. The van der Waals surface area contributed by atoms with E-state index in [1.165, 1.54) is 4.90 Å². The average molecular weight is 355 g/mol. The summed E-state index contributed by atoms with van der Waals surface area (Å²) in [4.78, 5) is 25.1. The van der Waals surface area contributed by atoms with Gasteiger partial charge in [0.15, 0.2) is 0 Å². The third-order valence-electron chi connectivity index (χ3n) is 3.89. The molecule has 0 spiro atoms. The highest BCUT2D eigenvalue weighted by Crippen LogP contribution is 2.07. The van der Waals surface area contributed by atoms with Gasteiger partial charge in [0.1, 0.15) is 6.61 Å². The number of rotatable bonds is 9. The summed E-state index contributed by atoms with van der Waals surface area (Å²) in [7, 11) is 0. The summed E-state index contributed by atoms with van der Waals surface area (Å²) >= 11 is 0. The molecule has 6 nitrogen and oxygen atoms in total. The van der Waals surface area contributed by atoms with Crippen LogP contribution >= 0.6 is 0 Å². The van der Waals surface area contributed by atoms with Crippen molar-refractivity contribution in [2.24, 2.45) is 11.5 Å².